The topological polar surface area (TPSA) is 144 Å². The Morgan fingerprint density at radius 1 is 1.03 bits per heavy atom. The number of nitrogens with zero attached hydrogens (tertiary/aromatic N) is 1. The van der Waals surface area contributed by atoms with Crippen molar-refractivity contribution in [2.45, 2.75) is 18.7 Å². The Morgan fingerprint density at radius 3 is 2.35 bits per heavy atom. The first kappa shape index (κ1) is 26.6. The van der Waals surface area contributed by atoms with Crippen molar-refractivity contribution in [1.82, 2.24) is 5.32 Å². The number of carbonyl (C=O) groups excluding carboxylic acids is 2. The number of methoxy groups -OCH3 is 2. The molecule has 0 unspecified atom stereocenters. The number of rotatable bonds is 9. The number of alkyl carbamates (subject to hydrolysis) is 1. The molecular formula is C22H28N4O7S. The van der Waals surface area contributed by atoms with Crippen LogP contribution in [-0.2, 0) is 24.4 Å². The average molecular weight is 493 g/mol. The summed E-state index contributed by atoms with van der Waals surface area (Å²) in [4.78, 5) is 28.0. The van der Waals surface area contributed by atoms with Crippen LogP contribution in [0.2, 0.25) is 0 Å². The fourth-order valence-electron chi connectivity index (χ4n) is 2.51. The molecule has 34 heavy (non-hydrogen) atoms. The molecule has 0 bridgehead atoms. The Kier molecular flexibility index (Phi) is 9.83. The molecule has 2 aromatic carbocycles. The lowest BCUT2D eigenvalue weighted by molar-refractivity contribution is -0.119. The molecule has 3 N–H and O–H groups in total. The summed E-state index contributed by atoms with van der Waals surface area (Å²) >= 11 is 0. The number of guanidine groups is 1. The van der Waals surface area contributed by atoms with Crippen LogP contribution in [0.4, 0.5) is 16.2 Å². The van der Waals surface area contributed by atoms with Crippen LogP contribution in [0.3, 0.4) is 0 Å². The number of hydrogen-bond donors (Lipinski definition) is 3. The van der Waals surface area contributed by atoms with Gasteiger partial charge in [0.05, 0.1) is 12.8 Å². The average Bonchev–Trinajstić information content (AvgIpc) is 2.79. The third-order valence-corrected chi connectivity index (χ3v) is 5.29. The van der Waals surface area contributed by atoms with Gasteiger partial charge in [0.1, 0.15) is 11.5 Å². The van der Waals surface area contributed by atoms with Crippen molar-refractivity contribution in [2.24, 2.45) is 10.9 Å². The van der Waals surface area contributed by atoms with Crippen LogP contribution in [0.25, 0.3) is 0 Å². The molecule has 2 rings (SSSR count). The van der Waals surface area contributed by atoms with Crippen LogP contribution in [0.15, 0.2) is 58.4 Å². The van der Waals surface area contributed by atoms with Gasteiger partial charge in [0.2, 0.25) is 11.9 Å². The summed E-state index contributed by atoms with van der Waals surface area (Å²) in [5, 5.41) is 7.90. The maximum Gasteiger partial charge on any atom is 0.413 e. The van der Waals surface area contributed by atoms with E-state index in [0.29, 0.717) is 12.2 Å². The summed E-state index contributed by atoms with van der Waals surface area (Å²) in [5.74, 6) is -0.352. The molecule has 0 aliphatic rings. The SMILES string of the molecule is COCC(=O)Nc1ccc(NC(=NCC(C)C)NC(=O)OC)cc1OS(=O)(=O)c1ccccc1. The zero-order valence-corrected chi connectivity index (χ0v) is 20.1. The van der Waals surface area contributed by atoms with E-state index >= 15 is 0 Å². The summed E-state index contributed by atoms with van der Waals surface area (Å²) in [5.41, 5.74) is 0.440. The van der Waals surface area contributed by atoms with Crippen molar-refractivity contribution in [2.75, 3.05) is 38.0 Å². The van der Waals surface area contributed by atoms with Gasteiger partial charge in [-0.15, -0.1) is 0 Å². The van der Waals surface area contributed by atoms with Crippen molar-refractivity contribution < 1.29 is 31.7 Å². The Hall–Kier alpha value is -3.64. The highest BCUT2D eigenvalue weighted by Gasteiger charge is 2.20. The lowest BCUT2D eigenvalue weighted by Crippen LogP contribution is -2.36. The molecule has 11 nitrogen and oxygen atoms in total. The van der Waals surface area contributed by atoms with Gasteiger partial charge in [-0.1, -0.05) is 32.0 Å². The van der Waals surface area contributed by atoms with Crippen LogP contribution < -0.4 is 20.1 Å². The van der Waals surface area contributed by atoms with E-state index in [1.807, 2.05) is 13.8 Å². The predicted molar refractivity (Wildman–Crippen MR) is 128 cm³/mol. The van der Waals surface area contributed by atoms with Crippen molar-refractivity contribution in [3.63, 3.8) is 0 Å². The van der Waals surface area contributed by atoms with Gasteiger partial charge in [0, 0.05) is 25.4 Å². The number of anilines is 2. The van der Waals surface area contributed by atoms with Gasteiger partial charge in [-0.3, -0.25) is 15.1 Å². The first-order chi connectivity index (χ1) is 16.1. The molecule has 0 heterocycles. The molecule has 0 aliphatic heterocycles. The van der Waals surface area contributed by atoms with E-state index in [4.69, 9.17) is 8.92 Å². The molecule has 184 valence electrons. The zero-order valence-electron chi connectivity index (χ0n) is 19.3. The molecule has 0 atom stereocenters. The van der Waals surface area contributed by atoms with Crippen LogP contribution in [0.5, 0.6) is 5.75 Å². The maximum atomic E-state index is 12.8. The predicted octanol–water partition coefficient (Wildman–Crippen LogP) is 2.82. The van der Waals surface area contributed by atoms with Gasteiger partial charge >= 0.3 is 16.2 Å². The summed E-state index contributed by atoms with van der Waals surface area (Å²) in [6.45, 7) is 4.08. The van der Waals surface area contributed by atoms with Gasteiger partial charge in [-0.2, -0.15) is 8.42 Å². The van der Waals surface area contributed by atoms with Gasteiger partial charge < -0.3 is 24.3 Å². The number of amides is 2. The van der Waals surface area contributed by atoms with Crippen molar-refractivity contribution in [3.05, 3.63) is 48.5 Å². The molecule has 0 saturated heterocycles. The molecule has 2 amide bonds. The normalized spacial score (nSPS) is 11.6. The summed E-state index contributed by atoms with van der Waals surface area (Å²) in [7, 11) is -1.63. The fourth-order valence-corrected chi connectivity index (χ4v) is 3.47. The smallest absolute Gasteiger partial charge is 0.413 e. The molecule has 0 fully saturated rings. The second kappa shape index (κ2) is 12.6. The van der Waals surface area contributed by atoms with E-state index < -0.39 is 22.1 Å². The number of carbonyl (C=O) groups is 2. The van der Waals surface area contributed by atoms with Crippen LogP contribution >= 0.6 is 0 Å². The van der Waals surface area contributed by atoms with E-state index in [1.165, 1.54) is 38.5 Å². The van der Waals surface area contributed by atoms with E-state index in [-0.39, 0.29) is 34.8 Å². The van der Waals surface area contributed by atoms with Crippen LogP contribution in [0, 0.1) is 5.92 Å². The first-order valence-corrected chi connectivity index (χ1v) is 11.6. The Balaban J connectivity index is 2.41. The van der Waals surface area contributed by atoms with Crippen molar-refractivity contribution in [1.29, 1.82) is 0 Å². The second-order valence-corrected chi connectivity index (χ2v) is 8.91. The van der Waals surface area contributed by atoms with Gasteiger partial charge in [-0.25, -0.2) is 4.79 Å². The minimum absolute atomic E-state index is 0.0610. The highest BCUT2D eigenvalue weighted by atomic mass is 32.2. The molecule has 0 aliphatic carbocycles. The van der Waals surface area contributed by atoms with Gasteiger partial charge in [0.25, 0.3) is 0 Å². The minimum atomic E-state index is -4.20. The third-order valence-electron chi connectivity index (χ3n) is 4.05. The van der Waals surface area contributed by atoms with Crippen LogP contribution in [0.1, 0.15) is 13.8 Å². The summed E-state index contributed by atoms with van der Waals surface area (Å²) < 4.78 is 40.3. The summed E-state index contributed by atoms with van der Waals surface area (Å²) in [6.07, 6.45) is -0.735. The van der Waals surface area contributed by atoms with E-state index in [1.54, 1.807) is 24.3 Å². The number of nitrogens with one attached hydrogen (secondary N) is 3. The Labute approximate surface area is 198 Å². The number of benzene rings is 2. The standard InChI is InChI=1S/C22H28N4O7S/c1-15(2)13-23-21(26-22(28)32-4)24-16-10-11-18(25-20(27)14-31-3)19(12-16)33-34(29,30)17-8-6-5-7-9-17/h5-12,15H,13-14H2,1-4H3,(H,25,27)(H2,23,24,26,28). The maximum absolute atomic E-state index is 12.8. The fraction of sp³-hybridized carbons (Fsp3) is 0.318. The molecule has 0 spiro atoms. The molecule has 2 aromatic rings. The lowest BCUT2D eigenvalue weighted by atomic mass is 10.2. The number of ether oxygens (including phenoxy) is 2. The highest BCUT2D eigenvalue weighted by molar-refractivity contribution is 7.87. The minimum Gasteiger partial charge on any atom is -0.453 e. The monoisotopic (exact) mass is 492 g/mol. The molecule has 0 radical (unpaired) electrons. The molecule has 0 aromatic heterocycles. The van der Waals surface area contributed by atoms with Crippen molar-refractivity contribution >= 4 is 39.5 Å². The number of hydrogen-bond acceptors (Lipinski definition) is 8. The molecule has 0 saturated carbocycles. The van der Waals surface area contributed by atoms with Crippen molar-refractivity contribution in [3.8, 4) is 5.75 Å². The van der Waals surface area contributed by atoms with Gasteiger partial charge in [0.15, 0.2) is 5.75 Å². The first-order valence-electron chi connectivity index (χ1n) is 10.2. The van der Waals surface area contributed by atoms with Crippen LogP contribution in [-0.4, -0.2) is 53.7 Å². The van der Waals surface area contributed by atoms with E-state index in [2.05, 4.69) is 25.7 Å². The molecule has 12 heteroatoms. The third kappa shape index (κ3) is 8.37. The zero-order chi connectivity index (χ0) is 25.1. The lowest BCUT2D eigenvalue weighted by Gasteiger charge is -2.16. The largest absolute Gasteiger partial charge is 0.453 e. The second-order valence-electron chi connectivity index (χ2n) is 7.37. The Morgan fingerprint density at radius 2 is 1.74 bits per heavy atom. The summed E-state index contributed by atoms with van der Waals surface area (Å²) in [6, 6.07) is 11.9. The van der Waals surface area contributed by atoms with E-state index in [0.717, 1.165) is 0 Å². The van der Waals surface area contributed by atoms with E-state index in [9.17, 15) is 18.0 Å². The molecular weight excluding hydrogens is 464 g/mol. The highest BCUT2D eigenvalue weighted by Crippen LogP contribution is 2.31. The quantitative estimate of drug-likeness (QED) is 0.275. The Bertz CT molecular complexity index is 1120. The number of aliphatic imine (C=N–C) groups is 1. The van der Waals surface area contributed by atoms with Gasteiger partial charge in [-0.05, 0) is 30.2 Å².